The fraction of sp³-hybridized carbons (Fsp3) is 0.750. The smallest absolute Gasteiger partial charge is 0.340 e. The zero-order valence-corrected chi connectivity index (χ0v) is 25.0. The largest absolute Gasteiger partial charge is 0.446 e. The first kappa shape index (κ1) is 34.1. The molecule has 1 aromatic carbocycles. The monoisotopic (exact) mass is 532 g/mol. The summed E-state index contributed by atoms with van der Waals surface area (Å²) in [6, 6.07) is 6.74. The first-order chi connectivity index (χ1) is 18.5. The van der Waals surface area contributed by atoms with Gasteiger partial charge in [-0.25, -0.2) is 9.59 Å². The number of hydrogen-bond acceptors (Lipinski definition) is 6. The van der Waals surface area contributed by atoms with Gasteiger partial charge in [-0.2, -0.15) is 0 Å². The molecule has 6 nitrogen and oxygen atoms in total. The number of nitrogens with zero attached hydrogens (tertiary/aromatic N) is 2. The lowest BCUT2D eigenvalue weighted by molar-refractivity contribution is 0.0226. The van der Waals surface area contributed by atoms with Crippen molar-refractivity contribution in [1.29, 1.82) is 0 Å². The molecule has 0 aromatic heterocycles. The SMILES string of the molecule is CCCCCCCCCCN(C)COC(=O)c1ccccc1C(=O)OCN(C)CCCCCCCCCC. The molecule has 38 heavy (non-hydrogen) atoms. The molecule has 218 valence electrons. The van der Waals surface area contributed by atoms with E-state index in [0.29, 0.717) is 0 Å². The molecule has 0 aliphatic rings. The van der Waals surface area contributed by atoms with Crippen molar-refractivity contribution in [1.82, 2.24) is 9.80 Å². The van der Waals surface area contributed by atoms with Gasteiger partial charge < -0.3 is 9.47 Å². The van der Waals surface area contributed by atoms with Crippen LogP contribution in [0.5, 0.6) is 0 Å². The third kappa shape index (κ3) is 16.8. The number of benzene rings is 1. The summed E-state index contributed by atoms with van der Waals surface area (Å²) in [7, 11) is 3.91. The molecule has 0 amide bonds. The summed E-state index contributed by atoms with van der Waals surface area (Å²) in [6.45, 7) is 6.67. The fourth-order valence-corrected chi connectivity index (χ4v) is 4.49. The van der Waals surface area contributed by atoms with Gasteiger partial charge in [-0.05, 0) is 39.1 Å². The molecule has 0 atom stereocenters. The topological polar surface area (TPSA) is 59.1 Å². The molecule has 0 bridgehead atoms. The number of carbonyl (C=O) groups excluding carboxylic acids is 2. The minimum Gasteiger partial charge on any atom is -0.446 e. The predicted octanol–water partition coefficient (Wildman–Crippen LogP) is 8.06. The zero-order valence-electron chi connectivity index (χ0n) is 25.0. The van der Waals surface area contributed by atoms with Crippen molar-refractivity contribution in [2.75, 3.05) is 40.6 Å². The van der Waals surface area contributed by atoms with Gasteiger partial charge in [0.2, 0.25) is 0 Å². The predicted molar refractivity (Wildman–Crippen MR) is 157 cm³/mol. The van der Waals surface area contributed by atoms with Gasteiger partial charge in [0.25, 0.3) is 0 Å². The van der Waals surface area contributed by atoms with Crippen LogP contribution < -0.4 is 0 Å². The first-order valence-electron chi connectivity index (χ1n) is 15.3. The van der Waals surface area contributed by atoms with Crippen molar-refractivity contribution in [2.24, 2.45) is 0 Å². The Morgan fingerprint density at radius 1 is 0.553 bits per heavy atom. The van der Waals surface area contributed by atoms with Crippen LogP contribution in [0.25, 0.3) is 0 Å². The first-order valence-corrected chi connectivity index (χ1v) is 15.3. The second kappa shape index (κ2) is 23.0. The lowest BCUT2D eigenvalue weighted by Gasteiger charge is -2.18. The minimum absolute atomic E-state index is 0.208. The van der Waals surface area contributed by atoms with Crippen LogP contribution in [-0.4, -0.2) is 62.4 Å². The van der Waals surface area contributed by atoms with Crippen LogP contribution in [0, 0.1) is 0 Å². The quantitative estimate of drug-likeness (QED) is 0.0762. The van der Waals surface area contributed by atoms with Crippen LogP contribution in [-0.2, 0) is 9.47 Å². The van der Waals surface area contributed by atoms with Crippen LogP contribution in [0.15, 0.2) is 24.3 Å². The van der Waals surface area contributed by atoms with Crippen molar-refractivity contribution in [2.45, 2.75) is 117 Å². The Hall–Kier alpha value is -1.92. The number of ether oxygens (including phenoxy) is 2. The van der Waals surface area contributed by atoms with Gasteiger partial charge in [0.15, 0.2) is 0 Å². The van der Waals surface area contributed by atoms with Gasteiger partial charge >= 0.3 is 11.9 Å². The van der Waals surface area contributed by atoms with Gasteiger partial charge in [0, 0.05) is 13.1 Å². The Balaban J connectivity index is 2.29. The molecule has 0 radical (unpaired) electrons. The minimum atomic E-state index is -0.493. The van der Waals surface area contributed by atoms with E-state index >= 15 is 0 Å². The molecular formula is C32H56N2O4. The van der Waals surface area contributed by atoms with E-state index in [0.717, 1.165) is 25.9 Å². The summed E-state index contributed by atoms with van der Waals surface area (Å²) in [5.74, 6) is -0.986. The highest BCUT2D eigenvalue weighted by Crippen LogP contribution is 2.14. The van der Waals surface area contributed by atoms with Gasteiger partial charge in [-0.3, -0.25) is 9.80 Å². The Morgan fingerprint density at radius 2 is 0.868 bits per heavy atom. The summed E-state index contributed by atoms with van der Waals surface area (Å²) < 4.78 is 11.0. The van der Waals surface area contributed by atoms with E-state index in [1.165, 1.54) is 89.9 Å². The molecular weight excluding hydrogens is 476 g/mol. The lowest BCUT2D eigenvalue weighted by atomic mass is 10.1. The Bertz CT molecular complexity index is 679. The van der Waals surface area contributed by atoms with E-state index in [1.54, 1.807) is 24.3 Å². The van der Waals surface area contributed by atoms with Crippen LogP contribution in [0.2, 0.25) is 0 Å². The normalized spacial score (nSPS) is 11.3. The zero-order chi connectivity index (χ0) is 27.8. The van der Waals surface area contributed by atoms with Gasteiger partial charge in [-0.1, -0.05) is 116 Å². The average Bonchev–Trinajstić information content (AvgIpc) is 2.93. The third-order valence-corrected chi connectivity index (χ3v) is 6.99. The molecule has 0 heterocycles. The lowest BCUT2D eigenvalue weighted by Crippen LogP contribution is -2.27. The molecule has 0 unspecified atom stereocenters. The molecule has 0 N–H and O–H groups in total. The molecule has 0 saturated heterocycles. The van der Waals surface area contributed by atoms with E-state index in [4.69, 9.17) is 9.47 Å². The molecule has 0 aliphatic heterocycles. The molecule has 0 fully saturated rings. The van der Waals surface area contributed by atoms with E-state index in [2.05, 4.69) is 13.8 Å². The Kier molecular flexibility index (Phi) is 20.7. The molecule has 1 rings (SSSR count). The van der Waals surface area contributed by atoms with E-state index in [-0.39, 0.29) is 24.6 Å². The standard InChI is InChI=1S/C32H56N2O4/c1-5-7-9-11-13-15-17-21-25-33(3)27-37-31(35)29-23-19-20-24-30(29)32(36)38-28-34(4)26-22-18-16-14-12-10-8-6-2/h19-20,23-24H,5-18,21-22,25-28H2,1-4H3. The summed E-state index contributed by atoms with van der Waals surface area (Å²) in [4.78, 5) is 29.5. The second-order valence-corrected chi connectivity index (χ2v) is 10.8. The van der Waals surface area contributed by atoms with Crippen molar-refractivity contribution >= 4 is 11.9 Å². The summed E-state index contributed by atoms with van der Waals surface area (Å²) in [6.07, 6.45) is 20.3. The molecule has 1 aromatic rings. The van der Waals surface area contributed by atoms with Crippen molar-refractivity contribution in [3.05, 3.63) is 35.4 Å². The summed E-state index contributed by atoms with van der Waals surface area (Å²) in [5, 5.41) is 0. The van der Waals surface area contributed by atoms with Crippen LogP contribution in [0.4, 0.5) is 0 Å². The van der Waals surface area contributed by atoms with E-state index < -0.39 is 11.9 Å². The summed E-state index contributed by atoms with van der Waals surface area (Å²) in [5.41, 5.74) is 0.507. The third-order valence-electron chi connectivity index (χ3n) is 6.99. The maximum absolute atomic E-state index is 12.7. The molecule has 0 saturated carbocycles. The number of rotatable bonds is 24. The maximum Gasteiger partial charge on any atom is 0.340 e. The number of unbranched alkanes of at least 4 members (excludes halogenated alkanes) is 14. The van der Waals surface area contributed by atoms with Crippen molar-refractivity contribution in [3.8, 4) is 0 Å². The van der Waals surface area contributed by atoms with Gasteiger partial charge in [-0.15, -0.1) is 0 Å². The average molecular weight is 533 g/mol. The highest BCUT2D eigenvalue weighted by molar-refractivity contribution is 6.03. The molecule has 0 spiro atoms. The van der Waals surface area contributed by atoms with E-state index in [9.17, 15) is 9.59 Å². The van der Waals surface area contributed by atoms with Crippen LogP contribution >= 0.6 is 0 Å². The summed E-state index contributed by atoms with van der Waals surface area (Å²) >= 11 is 0. The highest BCUT2D eigenvalue weighted by atomic mass is 16.6. The van der Waals surface area contributed by atoms with E-state index in [1.807, 2.05) is 23.9 Å². The number of carbonyl (C=O) groups is 2. The van der Waals surface area contributed by atoms with Crippen LogP contribution in [0.1, 0.15) is 137 Å². The van der Waals surface area contributed by atoms with Crippen LogP contribution in [0.3, 0.4) is 0 Å². The Morgan fingerprint density at radius 3 is 1.21 bits per heavy atom. The maximum atomic E-state index is 12.7. The fourth-order valence-electron chi connectivity index (χ4n) is 4.49. The number of hydrogen-bond donors (Lipinski definition) is 0. The van der Waals surface area contributed by atoms with Crippen molar-refractivity contribution < 1.29 is 19.1 Å². The number of esters is 2. The molecule has 6 heteroatoms. The highest BCUT2D eigenvalue weighted by Gasteiger charge is 2.19. The van der Waals surface area contributed by atoms with Gasteiger partial charge in [0.05, 0.1) is 11.1 Å². The van der Waals surface area contributed by atoms with Crippen molar-refractivity contribution in [3.63, 3.8) is 0 Å². The van der Waals surface area contributed by atoms with Gasteiger partial charge in [0.1, 0.15) is 13.5 Å². The molecule has 0 aliphatic carbocycles. The Labute approximate surface area is 233 Å². The second-order valence-electron chi connectivity index (χ2n) is 10.8.